The molecule has 1 aromatic rings. The smallest absolute Gasteiger partial charge is 0.191 e. The Morgan fingerprint density at radius 1 is 1.18 bits per heavy atom. The highest BCUT2D eigenvalue weighted by Gasteiger charge is 2.39. The lowest BCUT2D eigenvalue weighted by molar-refractivity contribution is -0.252. The van der Waals surface area contributed by atoms with E-state index in [0.717, 1.165) is 5.56 Å². The molecule has 88 valence electrons. The Morgan fingerprint density at radius 3 is 2.82 bits per heavy atom. The molecule has 3 rings (SSSR count). The van der Waals surface area contributed by atoms with Crippen molar-refractivity contribution in [1.29, 1.82) is 0 Å². The van der Waals surface area contributed by atoms with Crippen LogP contribution in [-0.2, 0) is 19.0 Å². The number of hydrogen-bond donors (Lipinski definition) is 0. The third-order valence-electron chi connectivity index (χ3n) is 2.86. The van der Waals surface area contributed by atoms with Crippen molar-refractivity contribution >= 4 is 5.78 Å². The highest BCUT2D eigenvalue weighted by molar-refractivity contribution is 5.94. The van der Waals surface area contributed by atoms with E-state index >= 15 is 0 Å². The molecule has 0 aromatic heterocycles. The van der Waals surface area contributed by atoms with Gasteiger partial charge in [-0.05, 0) is 0 Å². The molecule has 1 aromatic carbocycles. The summed E-state index contributed by atoms with van der Waals surface area (Å²) in [5.74, 6) is -0.0644. The first-order valence-corrected chi connectivity index (χ1v) is 5.52. The van der Waals surface area contributed by atoms with Gasteiger partial charge in [0.15, 0.2) is 24.3 Å². The summed E-state index contributed by atoms with van der Waals surface area (Å²) in [6, 6.07) is 9.57. The summed E-state index contributed by atoms with van der Waals surface area (Å²) in [7, 11) is 0. The molecule has 0 radical (unpaired) electrons. The highest BCUT2D eigenvalue weighted by atomic mass is 16.7. The third-order valence-corrected chi connectivity index (χ3v) is 2.86. The van der Waals surface area contributed by atoms with Crippen molar-refractivity contribution in [2.45, 2.75) is 18.5 Å². The van der Waals surface area contributed by atoms with Crippen LogP contribution in [0.3, 0.4) is 0 Å². The predicted molar refractivity (Wildman–Crippen MR) is 59.0 cm³/mol. The van der Waals surface area contributed by atoms with Gasteiger partial charge in [-0.25, -0.2) is 0 Å². The van der Waals surface area contributed by atoms with E-state index in [9.17, 15) is 4.79 Å². The van der Waals surface area contributed by atoms with Crippen molar-refractivity contribution in [1.82, 2.24) is 0 Å². The van der Waals surface area contributed by atoms with Gasteiger partial charge in [0.2, 0.25) is 0 Å². The summed E-state index contributed by atoms with van der Waals surface area (Å²) in [5.41, 5.74) is 0.910. The largest absolute Gasteiger partial charge is 0.492 e. The number of benzene rings is 1. The van der Waals surface area contributed by atoms with Gasteiger partial charge in [0.05, 0.1) is 12.9 Å². The molecular formula is C13H12O4. The lowest BCUT2D eigenvalue weighted by Gasteiger charge is -2.36. The van der Waals surface area contributed by atoms with Gasteiger partial charge in [-0.3, -0.25) is 4.79 Å². The van der Waals surface area contributed by atoms with Crippen LogP contribution in [0.5, 0.6) is 0 Å². The Kier molecular flexibility index (Phi) is 2.66. The molecule has 3 atom stereocenters. The molecule has 0 aliphatic carbocycles. The standard InChI is InChI=1S/C13H12O4/c14-10-6-7-15-11-8-16-13(17-12(10)11)9-4-2-1-3-5-9/h1-7,11-13H,8H2/t11-,12+,13-/m1/s1. The second-order valence-corrected chi connectivity index (χ2v) is 4.01. The van der Waals surface area contributed by atoms with Gasteiger partial charge in [0, 0.05) is 11.6 Å². The quantitative estimate of drug-likeness (QED) is 0.737. The zero-order chi connectivity index (χ0) is 11.7. The third kappa shape index (κ3) is 1.97. The topological polar surface area (TPSA) is 44.8 Å². The zero-order valence-corrected chi connectivity index (χ0v) is 9.11. The minimum absolute atomic E-state index is 0.0644. The minimum atomic E-state index is -0.557. The fourth-order valence-corrected chi connectivity index (χ4v) is 1.98. The maximum atomic E-state index is 11.7. The van der Waals surface area contributed by atoms with Crippen LogP contribution in [-0.4, -0.2) is 24.6 Å². The Bertz CT molecular complexity index is 440. The van der Waals surface area contributed by atoms with Crippen molar-refractivity contribution in [2.24, 2.45) is 0 Å². The van der Waals surface area contributed by atoms with Crippen molar-refractivity contribution < 1.29 is 19.0 Å². The summed E-state index contributed by atoms with van der Waals surface area (Å²) in [5, 5.41) is 0. The van der Waals surface area contributed by atoms with Gasteiger partial charge in [-0.15, -0.1) is 0 Å². The maximum Gasteiger partial charge on any atom is 0.191 e. The zero-order valence-electron chi connectivity index (χ0n) is 9.11. The second-order valence-electron chi connectivity index (χ2n) is 4.01. The maximum absolute atomic E-state index is 11.7. The molecule has 2 aliphatic heterocycles. The van der Waals surface area contributed by atoms with Gasteiger partial charge in [0.1, 0.15) is 0 Å². The van der Waals surface area contributed by atoms with E-state index in [0.29, 0.717) is 6.61 Å². The van der Waals surface area contributed by atoms with Gasteiger partial charge in [-0.1, -0.05) is 30.3 Å². The Balaban J connectivity index is 1.79. The molecule has 0 spiro atoms. The molecule has 1 fully saturated rings. The summed E-state index contributed by atoms with van der Waals surface area (Å²) in [6.07, 6.45) is 1.43. The van der Waals surface area contributed by atoms with E-state index < -0.39 is 12.4 Å². The van der Waals surface area contributed by atoms with E-state index in [4.69, 9.17) is 14.2 Å². The van der Waals surface area contributed by atoms with Crippen molar-refractivity contribution in [3.8, 4) is 0 Å². The van der Waals surface area contributed by atoms with Crippen LogP contribution < -0.4 is 0 Å². The Labute approximate surface area is 98.8 Å². The first kappa shape index (κ1) is 10.5. The van der Waals surface area contributed by atoms with Crippen molar-refractivity contribution in [3.05, 3.63) is 48.2 Å². The second kappa shape index (κ2) is 4.31. The molecule has 2 aliphatic rings. The number of ether oxygens (including phenoxy) is 3. The molecule has 0 unspecified atom stereocenters. The minimum Gasteiger partial charge on any atom is -0.492 e. The molecule has 1 saturated heterocycles. The SMILES string of the molecule is O=C1C=CO[C@@H]2CO[C@@H](c3ccccc3)O[C@@H]12. The average Bonchev–Trinajstić information content (AvgIpc) is 2.40. The normalized spacial score (nSPS) is 31.8. The molecule has 17 heavy (non-hydrogen) atoms. The molecule has 4 heteroatoms. The van der Waals surface area contributed by atoms with Crippen LogP contribution in [0.15, 0.2) is 42.7 Å². The van der Waals surface area contributed by atoms with Crippen molar-refractivity contribution in [2.75, 3.05) is 6.61 Å². The monoisotopic (exact) mass is 232 g/mol. The van der Waals surface area contributed by atoms with Gasteiger partial charge >= 0.3 is 0 Å². The molecule has 0 saturated carbocycles. The fraction of sp³-hybridized carbons (Fsp3) is 0.308. The number of fused-ring (bicyclic) bond motifs is 1. The van der Waals surface area contributed by atoms with E-state index in [1.54, 1.807) is 0 Å². The van der Waals surface area contributed by atoms with Gasteiger partial charge in [0.25, 0.3) is 0 Å². The number of hydrogen-bond acceptors (Lipinski definition) is 4. The van der Waals surface area contributed by atoms with E-state index in [1.165, 1.54) is 12.3 Å². The van der Waals surface area contributed by atoms with E-state index in [1.807, 2.05) is 30.3 Å². The number of rotatable bonds is 1. The van der Waals surface area contributed by atoms with Crippen LogP contribution >= 0.6 is 0 Å². The molecule has 0 amide bonds. The first-order chi connectivity index (χ1) is 8.34. The fourth-order valence-electron chi connectivity index (χ4n) is 1.98. The van der Waals surface area contributed by atoms with E-state index in [-0.39, 0.29) is 11.9 Å². The summed E-state index contributed by atoms with van der Waals surface area (Å²) >= 11 is 0. The predicted octanol–water partition coefficient (Wildman–Crippen LogP) is 1.58. The van der Waals surface area contributed by atoms with Gasteiger partial charge < -0.3 is 14.2 Å². The number of carbonyl (C=O) groups excluding carboxylic acids is 1. The lowest BCUT2D eigenvalue weighted by Crippen LogP contribution is -2.47. The van der Waals surface area contributed by atoms with Gasteiger partial charge in [-0.2, -0.15) is 0 Å². The summed E-state index contributed by atoms with van der Waals surface area (Å²) in [4.78, 5) is 11.7. The summed E-state index contributed by atoms with van der Waals surface area (Å²) in [6.45, 7) is 0.361. The molecular weight excluding hydrogens is 220 g/mol. The molecule has 2 heterocycles. The Morgan fingerprint density at radius 2 is 2.00 bits per heavy atom. The van der Waals surface area contributed by atoms with Crippen LogP contribution in [0.1, 0.15) is 11.9 Å². The molecule has 4 nitrogen and oxygen atoms in total. The number of carbonyl (C=O) groups is 1. The van der Waals surface area contributed by atoms with Crippen LogP contribution in [0.25, 0.3) is 0 Å². The van der Waals surface area contributed by atoms with E-state index in [2.05, 4.69) is 0 Å². The van der Waals surface area contributed by atoms with Crippen LogP contribution in [0.4, 0.5) is 0 Å². The molecule has 0 N–H and O–H groups in total. The summed E-state index contributed by atoms with van der Waals surface area (Å²) < 4.78 is 16.5. The molecule has 0 bridgehead atoms. The van der Waals surface area contributed by atoms with Crippen molar-refractivity contribution in [3.63, 3.8) is 0 Å². The Hall–Kier alpha value is -1.65. The first-order valence-electron chi connectivity index (χ1n) is 5.52. The highest BCUT2D eigenvalue weighted by Crippen LogP contribution is 2.29. The number of ketones is 1. The lowest BCUT2D eigenvalue weighted by atomic mass is 10.1. The van der Waals surface area contributed by atoms with Crippen LogP contribution in [0.2, 0.25) is 0 Å². The van der Waals surface area contributed by atoms with Crippen LogP contribution in [0, 0.1) is 0 Å². The average molecular weight is 232 g/mol.